The van der Waals surface area contributed by atoms with Gasteiger partial charge < -0.3 is 4.74 Å². The van der Waals surface area contributed by atoms with Gasteiger partial charge in [0.2, 0.25) is 5.78 Å². The summed E-state index contributed by atoms with van der Waals surface area (Å²) in [5, 5.41) is 0.591. The summed E-state index contributed by atoms with van der Waals surface area (Å²) >= 11 is 12.4. The van der Waals surface area contributed by atoms with Crippen LogP contribution in [0.3, 0.4) is 0 Å². The van der Waals surface area contributed by atoms with Crippen molar-refractivity contribution in [3.8, 4) is 0 Å². The standard InChI is InChI=1S/C14H13Br2ClO4/c1-2-21-14(20)11(19)7-10(18)13(16)12(15)8-3-5-9(17)6-4-8/h3-6,12-13H,2,7H2,1H3/t12-,13+/m1/s1. The molecule has 1 aromatic carbocycles. The summed E-state index contributed by atoms with van der Waals surface area (Å²) in [4.78, 5) is 33.8. The molecule has 0 fully saturated rings. The molecule has 0 radical (unpaired) electrons. The van der Waals surface area contributed by atoms with E-state index in [0.29, 0.717) is 5.02 Å². The highest BCUT2D eigenvalue weighted by Crippen LogP contribution is 2.33. The minimum absolute atomic E-state index is 0.0996. The molecule has 2 atom stereocenters. The summed E-state index contributed by atoms with van der Waals surface area (Å²) in [6.45, 7) is 1.69. The molecule has 0 aliphatic carbocycles. The number of ketones is 2. The molecule has 0 aliphatic rings. The van der Waals surface area contributed by atoms with Crippen LogP contribution in [0.2, 0.25) is 5.02 Å². The van der Waals surface area contributed by atoms with Crippen LogP contribution >= 0.6 is 43.5 Å². The van der Waals surface area contributed by atoms with Gasteiger partial charge in [0.1, 0.15) is 0 Å². The molecule has 0 saturated carbocycles. The fourth-order valence-corrected chi connectivity index (χ4v) is 2.71. The molecule has 0 unspecified atom stereocenters. The van der Waals surface area contributed by atoms with Crippen LogP contribution < -0.4 is 0 Å². The maximum Gasteiger partial charge on any atom is 0.375 e. The van der Waals surface area contributed by atoms with Crippen LogP contribution in [-0.4, -0.2) is 29.0 Å². The number of hydrogen-bond acceptors (Lipinski definition) is 4. The van der Waals surface area contributed by atoms with E-state index in [2.05, 4.69) is 36.6 Å². The van der Waals surface area contributed by atoms with E-state index < -0.39 is 28.8 Å². The third-order valence-corrected chi connectivity index (χ3v) is 5.65. The maximum atomic E-state index is 12.0. The number of alkyl halides is 2. The fourth-order valence-electron chi connectivity index (χ4n) is 1.52. The zero-order valence-corrected chi connectivity index (χ0v) is 15.1. The Morgan fingerprint density at radius 1 is 1.19 bits per heavy atom. The van der Waals surface area contributed by atoms with Crippen LogP contribution in [0, 0.1) is 0 Å². The molecular formula is C14H13Br2ClO4. The Hall–Kier alpha value is -0.720. The molecule has 0 spiro atoms. The van der Waals surface area contributed by atoms with E-state index in [1.54, 1.807) is 31.2 Å². The fraction of sp³-hybridized carbons (Fsp3) is 0.357. The van der Waals surface area contributed by atoms with Gasteiger partial charge in [-0.3, -0.25) is 9.59 Å². The average Bonchev–Trinajstić information content (AvgIpc) is 2.46. The molecule has 0 heterocycles. The Labute approximate surface area is 144 Å². The zero-order valence-electron chi connectivity index (χ0n) is 11.1. The lowest BCUT2D eigenvalue weighted by molar-refractivity contribution is -0.154. The van der Waals surface area contributed by atoms with Gasteiger partial charge in [-0.25, -0.2) is 4.79 Å². The van der Waals surface area contributed by atoms with Crippen LogP contribution in [0.25, 0.3) is 0 Å². The first kappa shape index (κ1) is 18.3. The number of halogens is 3. The molecule has 21 heavy (non-hydrogen) atoms. The molecular weight excluding hydrogens is 427 g/mol. The molecule has 0 saturated heterocycles. The molecule has 0 aromatic heterocycles. The van der Waals surface area contributed by atoms with Crippen molar-refractivity contribution in [2.45, 2.75) is 23.0 Å². The van der Waals surface area contributed by atoms with E-state index in [1.165, 1.54) is 0 Å². The van der Waals surface area contributed by atoms with Gasteiger partial charge in [-0.15, -0.1) is 0 Å². The first-order valence-corrected chi connectivity index (χ1v) is 8.34. The van der Waals surface area contributed by atoms with Gasteiger partial charge in [-0.1, -0.05) is 55.6 Å². The first-order valence-electron chi connectivity index (χ1n) is 6.13. The lowest BCUT2D eigenvalue weighted by Gasteiger charge is -2.15. The van der Waals surface area contributed by atoms with Gasteiger partial charge in [-0.05, 0) is 24.6 Å². The van der Waals surface area contributed by atoms with Crippen molar-refractivity contribution in [3.63, 3.8) is 0 Å². The second kappa shape index (κ2) is 8.66. The molecule has 114 valence electrons. The van der Waals surface area contributed by atoms with E-state index in [9.17, 15) is 14.4 Å². The number of esters is 1. The van der Waals surface area contributed by atoms with Crippen molar-refractivity contribution < 1.29 is 19.1 Å². The van der Waals surface area contributed by atoms with E-state index in [0.717, 1.165) is 5.56 Å². The molecule has 4 nitrogen and oxygen atoms in total. The topological polar surface area (TPSA) is 60.4 Å². The summed E-state index contributed by atoms with van der Waals surface area (Å²) in [7, 11) is 0. The molecule has 0 N–H and O–H groups in total. The summed E-state index contributed by atoms with van der Waals surface area (Å²) in [6.07, 6.45) is -0.496. The second-order valence-electron chi connectivity index (χ2n) is 4.14. The zero-order chi connectivity index (χ0) is 16.0. The van der Waals surface area contributed by atoms with E-state index in [1.807, 2.05) is 0 Å². The van der Waals surface area contributed by atoms with Crippen molar-refractivity contribution in [3.05, 3.63) is 34.9 Å². The van der Waals surface area contributed by atoms with E-state index in [-0.39, 0.29) is 11.4 Å². The third-order valence-electron chi connectivity index (χ3n) is 2.59. The number of benzene rings is 1. The Bertz CT molecular complexity index is 530. The van der Waals surface area contributed by atoms with Crippen LogP contribution in [0.15, 0.2) is 24.3 Å². The molecule has 0 amide bonds. The normalized spacial score (nSPS) is 13.3. The van der Waals surface area contributed by atoms with Gasteiger partial charge in [0.25, 0.3) is 0 Å². The maximum absolute atomic E-state index is 12.0. The lowest BCUT2D eigenvalue weighted by Crippen LogP contribution is -2.26. The molecule has 1 rings (SSSR count). The number of rotatable bonds is 7. The van der Waals surface area contributed by atoms with Crippen molar-refractivity contribution >= 4 is 61.0 Å². The van der Waals surface area contributed by atoms with Gasteiger partial charge >= 0.3 is 5.97 Å². The number of Topliss-reactive ketones (excluding diaryl/α,β-unsaturated/α-hetero) is 2. The van der Waals surface area contributed by atoms with Crippen molar-refractivity contribution in [1.82, 2.24) is 0 Å². The molecule has 0 bridgehead atoms. The monoisotopic (exact) mass is 438 g/mol. The summed E-state index contributed by atoms with van der Waals surface area (Å²) in [5.41, 5.74) is 0.832. The van der Waals surface area contributed by atoms with E-state index >= 15 is 0 Å². The van der Waals surface area contributed by atoms with Crippen molar-refractivity contribution in [1.29, 1.82) is 0 Å². The Kier molecular flexibility index (Phi) is 7.56. The Morgan fingerprint density at radius 2 is 1.76 bits per heavy atom. The molecule has 1 aromatic rings. The van der Waals surface area contributed by atoms with Gasteiger partial charge in [0.05, 0.1) is 22.7 Å². The SMILES string of the molecule is CCOC(=O)C(=O)CC(=O)[C@H](Br)[C@H](Br)c1ccc(Cl)cc1. The summed E-state index contributed by atoms with van der Waals surface area (Å²) < 4.78 is 4.56. The largest absolute Gasteiger partial charge is 0.460 e. The Balaban J connectivity index is 2.67. The number of ether oxygens (including phenoxy) is 1. The third kappa shape index (κ3) is 5.52. The average molecular weight is 441 g/mol. The molecule has 0 aliphatic heterocycles. The van der Waals surface area contributed by atoms with E-state index in [4.69, 9.17) is 11.6 Å². The lowest BCUT2D eigenvalue weighted by atomic mass is 10.0. The minimum atomic E-state index is -0.983. The first-order chi connectivity index (χ1) is 9.86. The van der Waals surface area contributed by atoms with Gasteiger partial charge in [0.15, 0.2) is 5.78 Å². The number of carbonyl (C=O) groups excluding carboxylic acids is 3. The highest BCUT2D eigenvalue weighted by Gasteiger charge is 2.28. The van der Waals surface area contributed by atoms with Crippen molar-refractivity contribution in [2.24, 2.45) is 0 Å². The highest BCUT2D eigenvalue weighted by atomic mass is 79.9. The summed E-state index contributed by atoms with van der Waals surface area (Å²) in [6, 6.07) is 6.96. The predicted molar refractivity (Wildman–Crippen MR) is 87.1 cm³/mol. The van der Waals surface area contributed by atoms with Crippen LogP contribution in [0.1, 0.15) is 23.7 Å². The second-order valence-corrected chi connectivity index (χ2v) is 6.55. The van der Waals surface area contributed by atoms with Gasteiger partial charge in [0, 0.05) is 5.02 Å². The van der Waals surface area contributed by atoms with Gasteiger partial charge in [-0.2, -0.15) is 0 Å². The number of carbonyl (C=O) groups is 3. The van der Waals surface area contributed by atoms with Crippen LogP contribution in [0.5, 0.6) is 0 Å². The smallest absolute Gasteiger partial charge is 0.375 e. The quantitative estimate of drug-likeness (QED) is 0.281. The van der Waals surface area contributed by atoms with Crippen LogP contribution in [0.4, 0.5) is 0 Å². The highest BCUT2D eigenvalue weighted by molar-refractivity contribution is 9.12. The minimum Gasteiger partial charge on any atom is -0.460 e. The van der Waals surface area contributed by atoms with Crippen LogP contribution in [-0.2, 0) is 19.1 Å². The Morgan fingerprint density at radius 3 is 2.29 bits per heavy atom. The predicted octanol–water partition coefficient (Wildman–Crippen LogP) is 3.63. The molecule has 7 heteroatoms. The van der Waals surface area contributed by atoms with Crippen molar-refractivity contribution in [2.75, 3.05) is 6.61 Å². The number of hydrogen-bond donors (Lipinski definition) is 0. The summed E-state index contributed by atoms with van der Waals surface area (Å²) in [5.74, 6) is -2.23.